The van der Waals surface area contributed by atoms with Gasteiger partial charge in [-0.05, 0) is 47.8 Å². The minimum atomic E-state index is -0.322. The van der Waals surface area contributed by atoms with Gasteiger partial charge >= 0.3 is 0 Å². The van der Waals surface area contributed by atoms with E-state index in [1.165, 1.54) is 0 Å². The molecule has 102 valence electrons. The fourth-order valence-corrected chi connectivity index (χ4v) is 2.87. The molecule has 5 heteroatoms. The Balaban J connectivity index is 2.22. The normalized spacial score (nSPS) is 23.2. The number of carbonyl (C=O) groups excluding carboxylic acids is 2. The topological polar surface area (TPSA) is 63.4 Å². The smallest absolute Gasteiger partial charge is 0.255 e. The third kappa shape index (κ3) is 2.97. The average Bonchev–Trinajstić information content (AvgIpc) is 2.38. The van der Waals surface area contributed by atoms with Crippen LogP contribution in [0.15, 0.2) is 28.7 Å². The Morgan fingerprint density at radius 2 is 2.00 bits per heavy atom. The predicted molar refractivity (Wildman–Crippen MR) is 76.6 cm³/mol. The highest BCUT2D eigenvalue weighted by Crippen LogP contribution is 2.26. The van der Waals surface area contributed by atoms with Gasteiger partial charge in [-0.1, -0.05) is 12.1 Å². The van der Waals surface area contributed by atoms with Crippen molar-refractivity contribution in [3.8, 4) is 0 Å². The van der Waals surface area contributed by atoms with Gasteiger partial charge in [-0.2, -0.15) is 0 Å². The van der Waals surface area contributed by atoms with E-state index in [1.807, 2.05) is 25.1 Å². The molecule has 0 aliphatic carbocycles. The highest BCUT2D eigenvalue weighted by molar-refractivity contribution is 9.10. The van der Waals surface area contributed by atoms with Crippen molar-refractivity contribution in [3.63, 3.8) is 0 Å². The van der Waals surface area contributed by atoms with Crippen molar-refractivity contribution in [1.82, 2.24) is 4.90 Å². The van der Waals surface area contributed by atoms with Gasteiger partial charge in [-0.15, -0.1) is 0 Å². The standard InChI is InChI=1S/C14H17BrN2O2/c1-9-6-7-10(13(16)18)8-17(9)14(19)11-4-2-3-5-12(11)15/h2-5,9-10H,6-8H2,1H3,(H2,16,18). The van der Waals surface area contributed by atoms with Gasteiger partial charge in [-0.3, -0.25) is 9.59 Å². The van der Waals surface area contributed by atoms with Crippen molar-refractivity contribution < 1.29 is 9.59 Å². The first-order valence-corrected chi connectivity index (χ1v) is 7.15. The van der Waals surface area contributed by atoms with Crippen LogP contribution in [0.1, 0.15) is 30.1 Å². The molecule has 4 nitrogen and oxygen atoms in total. The van der Waals surface area contributed by atoms with Crippen molar-refractivity contribution in [2.24, 2.45) is 11.7 Å². The van der Waals surface area contributed by atoms with Gasteiger partial charge in [-0.25, -0.2) is 0 Å². The summed E-state index contributed by atoms with van der Waals surface area (Å²) in [6.45, 7) is 2.42. The molecule has 1 aromatic carbocycles. The molecule has 1 saturated heterocycles. The number of carbonyl (C=O) groups is 2. The van der Waals surface area contributed by atoms with E-state index in [2.05, 4.69) is 15.9 Å². The molecule has 1 aliphatic rings. The Kier molecular flexibility index (Phi) is 4.24. The number of nitrogens with two attached hydrogens (primary N) is 1. The van der Waals surface area contributed by atoms with Crippen molar-refractivity contribution in [2.75, 3.05) is 6.54 Å². The van der Waals surface area contributed by atoms with Crippen molar-refractivity contribution in [2.45, 2.75) is 25.8 Å². The summed E-state index contributed by atoms with van der Waals surface area (Å²) in [4.78, 5) is 25.6. The summed E-state index contributed by atoms with van der Waals surface area (Å²) in [5, 5.41) is 0. The summed E-state index contributed by atoms with van der Waals surface area (Å²) in [5.74, 6) is -0.606. The molecule has 0 radical (unpaired) electrons. The van der Waals surface area contributed by atoms with E-state index in [0.29, 0.717) is 12.1 Å². The van der Waals surface area contributed by atoms with Crippen LogP contribution in [0.4, 0.5) is 0 Å². The monoisotopic (exact) mass is 324 g/mol. The second-order valence-corrected chi connectivity index (χ2v) is 5.82. The Morgan fingerprint density at radius 3 is 2.63 bits per heavy atom. The number of benzene rings is 1. The molecule has 0 aromatic heterocycles. The van der Waals surface area contributed by atoms with E-state index in [0.717, 1.165) is 17.3 Å². The molecule has 1 heterocycles. The second-order valence-electron chi connectivity index (χ2n) is 4.96. The fraction of sp³-hybridized carbons (Fsp3) is 0.429. The lowest BCUT2D eigenvalue weighted by Crippen LogP contribution is -2.48. The van der Waals surface area contributed by atoms with Crippen molar-refractivity contribution in [1.29, 1.82) is 0 Å². The quantitative estimate of drug-likeness (QED) is 0.906. The Hall–Kier alpha value is -1.36. The molecule has 1 fully saturated rings. The molecule has 0 spiro atoms. The number of primary amides is 1. The summed E-state index contributed by atoms with van der Waals surface area (Å²) >= 11 is 3.39. The zero-order valence-electron chi connectivity index (χ0n) is 10.8. The Bertz CT molecular complexity index is 504. The summed E-state index contributed by atoms with van der Waals surface area (Å²) in [5.41, 5.74) is 5.98. The van der Waals surface area contributed by atoms with Crippen LogP contribution in [-0.4, -0.2) is 29.3 Å². The maximum atomic E-state index is 12.5. The molecule has 0 bridgehead atoms. The average molecular weight is 325 g/mol. The minimum Gasteiger partial charge on any atom is -0.369 e. The predicted octanol–water partition coefficient (Wildman–Crippen LogP) is 2.18. The second kappa shape index (κ2) is 5.74. The summed E-state index contributed by atoms with van der Waals surface area (Å²) < 4.78 is 0.772. The minimum absolute atomic E-state index is 0.0501. The first-order valence-electron chi connectivity index (χ1n) is 6.35. The molecule has 0 saturated carbocycles. The van der Waals surface area contributed by atoms with Gasteiger partial charge in [0.1, 0.15) is 0 Å². The highest BCUT2D eigenvalue weighted by Gasteiger charge is 2.32. The number of halogens is 1. The van der Waals surface area contributed by atoms with Gasteiger partial charge in [0.15, 0.2) is 0 Å². The summed E-state index contributed by atoms with van der Waals surface area (Å²) in [6.07, 6.45) is 1.57. The molecule has 2 amide bonds. The van der Waals surface area contributed by atoms with Crippen LogP contribution < -0.4 is 5.73 Å². The third-order valence-corrected chi connectivity index (χ3v) is 4.34. The molecule has 2 N–H and O–H groups in total. The van der Waals surface area contributed by atoms with E-state index in [-0.39, 0.29) is 23.8 Å². The number of likely N-dealkylation sites (tertiary alicyclic amines) is 1. The lowest BCUT2D eigenvalue weighted by Gasteiger charge is -2.37. The largest absolute Gasteiger partial charge is 0.369 e. The van der Waals surface area contributed by atoms with E-state index >= 15 is 0 Å². The van der Waals surface area contributed by atoms with Crippen molar-refractivity contribution >= 4 is 27.7 Å². The first-order chi connectivity index (χ1) is 9.00. The fourth-order valence-electron chi connectivity index (χ4n) is 2.41. The Labute approximate surface area is 121 Å². The molecule has 19 heavy (non-hydrogen) atoms. The zero-order chi connectivity index (χ0) is 14.0. The number of hydrogen-bond acceptors (Lipinski definition) is 2. The van der Waals surface area contributed by atoms with E-state index in [1.54, 1.807) is 11.0 Å². The van der Waals surface area contributed by atoms with Gasteiger partial charge in [0.05, 0.1) is 11.5 Å². The van der Waals surface area contributed by atoms with Crippen molar-refractivity contribution in [3.05, 3.63) is 34.3 Å². The molecule has 1 aliphatic heterocycles. The molecular formula is C14H17BrN2O2. The van der Waals surface area contributed by atoms with Crippen LogP contribution >= 0.6 is 15.9 Å². The molecule has 2 atom stereocenters. The summed E-state index contributed by atoms with van der Waals surface area (Å²) in [7, 11) is 0. The third-order valence-electron chi connectivity index (χ3n) is 3.65. The van der Waals surface area contributed by atoms with Crippen LogP contribution in [0.5, 0.6) is 0 Å². The van der Waals surface area contributed by atoms with Crippen LogP contribution in [0.25, 0.3) is 0 Å². The van der Waals surface area contributed by atoms with Crippen LogP contribution in [0.3, 0.4) is 0 Å². The first kappa shape index (κ1) is 14.1. The summed E-state index contributed by atoms with van der Waals surface area (Å²) in [6, 6.07) is 7.46. The lowest BCUT2D eigenvalue weighted by molar-refractivity contribution is -0.123. The van der Waals surface area contributed by atoms with Gasteiger partial charge in [0.2, 0.25) is 5.91 Å². The van der Waals surface area contributed by atoms with Crippen LogP contribution in [0, 0.1) is 5.92 Å². The van der Waals surface area contributed by atoms with E-state index in [9.17, 15) is 9.59 Å². The molecule has 1 aromatic rings. The lowest BCUT2D eigenvalue weighted by atomic mass is 9.92. The Morgan fingerprint density at radius 1 is 1.32 bits per heavy atom. The van der Waals surface area contributed by atoms with Crippen LogP contribution in [0.2, 0.25) is 0 Å². The highest BCUT2D eigenvalue weighted by atomic mass is 79.9. The maximum absolute atomic E-state index is 12.5. The zero-order valence-corrected chi connectivity index (χ0v) is 12.4. The van der Waals surface area contributed by atoms with E-state index < -0.39 is 0 Å². The van der Waals surface area contributed by atoms with Crippen LogP contribution in [-0.2, 0) is 4.79 Å². The molecular weight excluding hydrogens is 308 g/mol. The van der Waals surface area contributed by atoms with Gasteiger partial charge < -0.3 is 10.6 Å². The number of hydrogen-bond donors (Lipinski definition) is 1. The number of rotatable bonds is 2. The molecule has 2 rings (SSSR count). The van der Waals surface area contributed by atoms with E-state index in [4.69, 9.17) is 5.73 Å². The number of piperidine rings is 1. The number of nitrogens with zero attached hydrogens (tertiary/aromatic N) is 1. The SMILES string of the molecule is CC1CCC(C(N)=O)CN1C(=O)c1ccccc1Br. The maximum Gasteiger partial charge on any atom is 0.255 e. The van der Waals surface area contributed by atoms with Gasteiger partial charge in [0.25, 0.3) is 5.91 Å². The molecule has 2 unspecified atom stereocenters. The number of amides is 2. The van der Waals surface area contributed by atoms with Gasteiger partial charge in [0, 0.05) is 17.1 Å².